The summed E-state index contributed by atoms with van der Waals surface area (Å²) in [5.74, 6) is 0.989. The van der Waals surface area contributed by atoms with Crippen LogP contribution in [0.3, 0.4) is 0 Å². The Hall–Kier alpha value is -2.63. The molecule has 0 fully saturated rings. The van der Waals surface area contributed by atoms with Crippen LogP contribution in [-0.2, 0) is 6.61 Å². The number of hydrogen-bond donors (Lipinski definition) is 0. The fourth-order valence-electron chi connectivity index (χ4n) is 1.55. The monoisotopic (exact) mass is 274 g/mol. The minimum atomic E-state index is 0.213. The van der Waals surface area contributed by atoms with Crippen LogP contribution in [0, 0.1) is 0 Å². The molecule has 1 aromatic carbocycles. The van der Waals surface area contributed by atoms with E-state index in [-0.39, 0.29) is 12.6 Å². The van der Waals surface area contributed by atoms with Crippen molar-refractivity contribution in [1.82, 2.24) is 9.97 Å². The van der Waals surface area contributed by atoms with Crippen LogP contribution in [0.2, 0.25) is 0 Å². The molecule has 2 rings (SSSR count). The van der Waals surface area contributed by atoms with Crippen molar-refractivity contribution in [3.63, 3.8) is 0 Å². The SMILES string of the molecule is COc1cc(COc2cccc(C=O)c2)nc(OC)n1. The van der Waals surface area contributed by atoms with E-state index in [1.165, 1.54) is 14.2 Å². The van der Waals surface area contributed by atoms with Gasteiger partial charge in [-0.3, -0.25) is 4.79 Å². The Morgan fingerprint density at radius 1 is 1.15 bits per heavy atom. The number of methoxy groups -OCH3 is 2. The summed E-state index contributed by atoms with van der Waals surface area (Å²) in [6.07, 6.45) is 0.767. The topological polar surface area (TPSA) is 70.5 Å². The third kappa shape index (κ3) is 3.44. The summed E-state index contributed by atoms with van der Waals surface area (Å²) in [4.78, 5) is 18.8. The molecule has 6 heteroatoms. The van der Waals surface area contributed by atoms with Gasteiger partial charge in [-0.1, -0.05) is 12.1 Å². The molecule has 0 aliphatic heterocycles. The Labute approximate surface area is 116 Å². The molecule has 1 aromatic heterocycles. The molecule has 0 aliphatic carbocycles. The van der Waals surface area contributed by atoms with Crippen molar-refractivity contribution in [2.24, 2.45) is 0 Å². The lowest BCUT2D eigenvalue weighted by Gasteiger charge is -2.08. The van der Waals surface area contributed by atoms with Crippen molar-refractivity contribution < 1.29 is 19.0 Å². The molecule has 0 radical (unpaired) electrons. The number of benzene rings is 1. The van der Waals surface area contributed by atoms with Gasteiger partial charge in [0.25, 0.3) is 0 Å². The summed E-state index contributed by atoms with van der Waals surface area (Å²) >= 11 is 0. The van der Waals surface area contributed by atoms with Crippen LogP contribution in [0.5, 0.6) is 17.6 Å². The molecule has 0 unspecified atom stereocenters. The average Bonchev–Trinajstić information content (AvgIpc) is 2.52. The highest BCUT2D eigenvalue weighted by atomic mass is 16.5. The molecule has 0 spiro atoms. The van der Waals surface area contributed by atoms with Crippen LogP contribution in [0.4, 0.5) is 0 Å². The van der Waals surface area contributed by atoms with Gasteiger partial charge in [-0.25, -0.2) is 0 Å². The Kier molecular flexibility index (Phi) is 4.49. The van der Waals surface area contributed by atoms with Gasteiger partial charge in [-0.05, 0) is 12.1 Å². The van der Waals surface area contributed by atoms with E-state index in [2.05, 4.69) is 9.97 Å². The van der Waals surface area contributed by atoms with Crippen LogP contribution in [0.25, 0.3) is 0 Å². The van der Waals surface area contributed by atoms with Gasteiger partial charge in [-0.2, -0.15) is 9.97 Å². The van der Waals surface area contributed by atoms with Gasteiger partial charge in [-0.15, -0.1) is 0 Å². The first-order valence-corrected chi connectivity index (χ1v) is 5.89. The Morgan fingerprint density at radius 3 is 2.70 bits per heavy atom. The molecule has 0 N–H and O–H groups in total. The molecule has 0 saturated carbocycles. The number of aldehydes is 1. The van der Waals surface area contributed by atoms with E-state index in [9.17, 15) is 4.79 Å². The zero-order valence-electron chi connectivity index (χ0n) is 11.2. The molecule has 0 bridgehead atoms. The van der Waals surface area contributed by atoms with E-state index in [4.69, 9.17) is 14.2 Å². The first-order valence-electron chi connectivity index (χ1n) is 5.89. The lowest BCUT2D eigenvalue weighted by molar-refractivity contribution is 0.112. The van der Waals surface area contributed by atoms with Crippen molar-refractivity contribution in [2.45, 2.75) is 6.61 Å². The predicted octanol–water partition coefficient (Wildman–Crippen LogP) is 1.89. The van der Waals surface area contributed by atoms with E-state index in [0.717, 1.165) is 6.29 Å². The van der Waals surface area contributed by atoms with Gasteiger partial charge in [0.1, 0.15) is 18.6 Å². The summed E-state index contributed by atoms with van der Waals surface area (Å²) in [6, 6.07) is 8.75. The Balaban J connectivity index is 2.11. The molecule has 0 aliphatic rings. The number of hydrogen-bond acceptors (Lipinski definition) is 6. The zero-order valence-corrected chi connectivity index (χ0v) is 11.2. The van der Waals surface area contributed by atoms with Crippen LogP contribution >= 0.6 is 0 Å². The number of nitrogens with zero attached hydrogens (tertiary/aromatic N) is 2. The van der Waals surface area contributed by atoms with E-state index < -0.39 is 0 Å². The van der Waals surface area contributed by atoms with Gasteiger partial charge in [0.15, 0.2) is 0 Å². The normalized spacial score (nSPS) is 9.90. The number of ether oxygens (including phenoxy) is 3. The van der Waals surface area contributed by atoms with E-state index in [1.807, 2.05) is 0 Å². The third-order valence-corrected chi connectivity index (χ3v) is 2.51. The molecular formula is C14H14N2O4. The number of carbonyl (C=O) groups is 1. The molecule has 6 nitrogen and oxygen atoms in total. The summed E-state index contributed by atoms with van der Waals surface area (Å²) in [5.41, 5.74) is 1.17. The Bertz CT molecular complexity index is 579. The maximum atomic E-state index is 10.7. The van der Waals surface area contributed by atoms with Crippen molar-refractivity contribution in [3.8, 4) is 17.6 Å². The van der Waals surface area contributed by atoms with Gasteiger partial charge >= 0.3 is 6.01 Å². The Morgan fingerprint density at radius 2 is 2.00 bits per heavy atom. The van der Waals surface area contributed by atoms with E-state index in [1.54, 1.807) is 30.3 Å². The van der Waals surface area contributed by atoms with E-state index >= 15 is 0 Å². The van der Waals surface area contributed by atoms with Gasteiger partial charge in [0.2, 0.25) is 5.88 Å². The lowest BCUT2D eigenvalue weighted by atomic mass is 10.2. The fourth-order valence-corrected chi connectivity index (χ4v) is 1.55. The minimum Gasteiger partial charge on any atom is -0.487 e. The molecule has 0 saturated heterocycles. The second-order valence-electron chi connectivity index (χ2n) is 3.87. The molecule has 1 heterocycles. The van der Waals surface area contributed by atoms with Crippen molar-refractivity contribution in [1.29, 1.82) is 0 Å². The number of aromatic nitrogens is 2. The highest BCUT2D eigenvalue weighted by Crippen LogP contribution is 2.17. The summed E-state index contributed by atoms with van der Waals surface area (Å²) in [7, 11) is 2.99. The zero-order chi connectivity index (χ0) is 14.4. The van der Waals surface area contributed by atoms with Crippen LogP contribution in [-0.4, -0.2) is 30.5 Å². The van der Waals surface area contributed by atoms with Crippen molar-refractivity contribution in [2.75, 3.05) is 14.2 Å². The average molecular weight is 274 g/mol. The first-order chi connectivity index (χ1) is 9.75. The number of rotatable bonds is 6. The maximum absolute atomic E-state index is 10.7. The van der Waals surface area contributed by atoms with Gasteiger partial charge in [0, 0.05) is 11.6 Å². The third-order valence-electron chi connectivity index (χ3n) is 2.51. The predicted molar refractivity (Wildman–Crippen MR) is 71.3 cm³/mol. The van der Waals surface area contributed by atoms with E-state index in [0.29, 0.717) is 22.9 Å². The molecular weight excluding hydrogens is 260 g/mol. The molecule has 20 heavy (non-hydrogen) atoms. The summed E-state index contributed by atoms with van der Waals surface area (Å²) < 4.78 is 15.6. The molecule has 2 aromatic rings. The standard InChI is InChI=1S/C14H14N2O4/c1-18-13-7-11(15-14(16-13)19-2)9-20-12-5-3-4-10(6-12)8-17/h3-8H,9H2,1-2H3. The second-order valence-corrected chi connectivity index (χ2v) is 3.87. The maximum Gasteiger partial charge on any atom is 0.319 e. The summed E-state index contributed by atoms with van der Waals surface area (Å²) in [6.45, 7) is 0.220. The second kappa shape index (κ2) is 6.51. The van der Waals surface area contributed by atoms with Gasteiger partial charge in [0.05, 0.1) is 19.9 Å². The highest BCUT2D eigenvalue weighted by Gasteiger charge is 2.06. The molecule has 104 valence electrons. The smallest absolute Gasteiger partial charge is 0.319 e. The van der Waals surface area contributed by atoms with Crippen LogP contribution in [0.15, 0.2) is 30.3 Å². The fraction of sp³-hybridized carbons (Fsp3) is 0.214. The van der Waals surface area contributed by atoms with Crippen molar-refractivity contribution >= 4 is 6.29 Å². The summed E-state index contributed by atoms with van der Waals surface area (Å²) in [5, 5.41) is 0. The quantitative estimate of drug-likeness (QED) is 0.749. The lowest BCUT2D eigenvalue weighted by Crippen LogP contribution is -2.03. The molecule has 0 atom stereocenters. The largest absolute Gasteiger partial charge is 0.487 e. The molecule has 0 amide bonds. The first kappa shape index (κ1) is 13.8. The highest BCUT2D eigenvalue weighted by molar-refractivity contribution is 5.75. The number of carbonyl (C=O) groups excluding carboxylic acids is 1. The minimum absolute atomic E-state index is 0.213. The van der Waals surface area contributed by atoms with Gasteiger partial charge < -0.3 is 14.2 Å². The van der Waals surface area contributed by atoms with Crippen molar-refractivity contribution in [3.05, 3.63) is 41.6 Å². The van der Waals surface area contributed by atoms with Crippen LogP contribution < -0.4 is 14.2 Å². The van der Waals surface area contributed by atoms with Crippen LogP contribution in [0.1, 0.15) is 16.1 Å².